The molecule has 85 heavy (non-hydrogen) atoms. The molecule has 0 saturated carbocycles. The van der Waals surface area contributed by atoms with Gasteiger partial charge in [0.25, 0.3) is 0 Å². The lowest BCUT2D eigenvalue weighted by Crippen LogP contribution is -2.34. The van der Waals surface area contributed by atoms with E-state index in [1.165, 1.54) is 17.1 Å². The zero-order valence-corrected chi connectivity index (χ0v) is 49.1. The standard InChI is InChI=1S/C51H73ClF3N9O19P2/c52-51-59-48(39-31-58-64(49(39)60-51)50-46(67)45(66)43(82-50)34-81-85(71,72)35-84(68,69)70)63(32-36-6-2-3-7-42(36)62-10-4-1-5-11-62)12-15-75-18-21-78-24-25-79-26-27-80-33-38(61-56)30-57-9-14-74-17-20-77-23-22-76-19-16-73-13-8-44(65)83-47-40(54)28-37(53)29-41(47)55/h2-3,6-7,28-31,43,45-46,50,66-67H,1,4-5,8-27,32-35,56H2,(H,71,72)(H2,68,69,70)/b57-30?,61-38+/t43-,45-,46-,50-/m1/s1. The molecule has 7 N–H and O–H groups in total. The van der Waals surface area contributed by atoms with Gasteiger partial charge in [-0.15, -0.1) is 0 Å². The van der Waals surface area contributed by atoms with Gasteiger partial charge >= 0.3 is 21.2 Å². The van der Waals surface area contributed by atoms with Crippen molar-refractivity contribution in [2.45, 2.75) is 56.8 Å². The number of ether oxygens (including phenoxy) is 10. The molecule has 4 aromatic rings. The third-order valence-electron chi connectivity index (χ3n) is 12.5. The summed E-state index contributed by atoms with van der Waals surface area (Å²) in [6.45, 7) is 6.09. The minimum Gasteiger partial charge on any atom is -0.420 e. The second-order valence-electron chi connectivity index (χ2n) is 18.9. The van der Waals surface area contributed by atoms with E-state index < -0.39 is 81.4 Å². The van der Waals surface area contributed by atoms with Crippen LogP contribution in [0.5, 0.6) is 5.75 Å². The highest BCUT2D eigenvalue weighted by molar-refractivity contribution is 7.70. The van der Waals surface area contributed by atoms with Crippen LogP contribution in [0.15, 0.2) is 52.7 Å². The predicted octanol–water partition coefficient (Wildman–Crippen LogP) is 3.36. The van der Waals surface area contributed by atoms with Crippen molar-refractivity contribution in [2.24, 2.45) is 15.9 Å². The molecule has 28 nitrogen and oxygen atoms in total. The third kappa shape index (κ3) is 24.0. The Morgan fingerprint density at radius 3 is 2.01 bits per heavy atom. The van der Waals surface area contributed by atoms with Crippen molar-refractivity contribution in [3.63, 3.8) is 0 Å². The summed E-state index contributed by atoms with van der Waals surface area (Å²) in [5.41, 5.74) is 2.66. The summed E-state index contributed by atoms with van der Waals surface area (Å²) < 4.78 is 125. The molecule has 5 atom stereocenters. The largest absolute Gasteiger partial charge is 0.420 e. The van der Waals surface area contributed by atoms with Crippen molar-refractivity contribution >= 4 is 67.2 Å². The Bertz CT molecular complexity index is 2820. The van der Waals surface area contributed by atoms with E-state index in [1.54, 1.807) is 0 Å². The number of fused-ring (bicyclic) bond motifs is 1. The molecule has 0 aliphatic carbocycles. The molecule has 474 valence electrons. The number of aliphatic hydroxyl groups excluding tert-OH is 2. The van der Waals surface area contributed by atoms with Crippen LogP contribution < -0.4 is 20.4 Å². The average Bonchev–Trinajstić information content (AvgIpc) is 2.15. The fourth-order valence-corrected chi connectivity index (χ4v) is 11.2. The van der Waals surface area contributed by atoms with E-state index in [9.17, 15) is 42.2 Å². The van der Waals surface area contributed by atoms with E-state index in [-0.39, 0.29) is 76.8 Å². The Hall–Kier alpha value is -4.86. The first-order valence-electron chi connectivity index (χ1n) is 27.2. The molecule has 0 amide bonds. The van der Waals surface area contributed by atoms with Crippen LogP contribution in [0.1, 0.15) is 37.5 Å². The highest BCUT2D eigenvalue weighted by atomic mass is 35.5. The SMILES string of the molecule is N/N=C(\C=NCCOCCOCCOCCOCCC(=O)Oc1c(F)cc(F)cc1F)COCCOCCOCCOCCN(Cc1ccccc1N1CCCCC1)c1nc(Cl)nc2c1cnn2[C@@H]1O[C@H](COP(=O)(O)CP(=O)(O)O)[C@@H](O)[C@H]1O. The Labute approximate surface area is 492 Å². The quantitative estimate of drug-likeness (QED) is 0.00542. The number of nitrogens with two attached hydrogens (primary N) is 1. The number of piperidine rings is 1. The molecule has 0 spiro atoms. The summed E-state index contributed by atoms with van der Waals surface area (Å²) in [5, 5.41) is 30.3. The minimum atomic E-state index is -4.93. The number of halogens is 4. The molecular weight excluding hydrogens is 1200 g/mol. The number of rotatable bonds is 41. The topological polar surface area (TPSA) is 355 Å². The second-order valence-corrected chi connectivity index (χ2v) is 23.3. The van der Waals surface area contributed by atoms with Crippen LogP contribution in [0.3, 0.4) is 0 Å². The van der Waals surface area contributed by atoms with Gasteiger partial charge in [0.05, 0.1) is 137 Å². The maximum absolute atomic E-state index is 13.6. The molecule has 2 saturated heterocycles. The van der Waals surface area contributed by atoms with Crippen molar-refractivity contribution in [3.8, 4) is 5.75 Å². The molecular formula is C51H73ClF3N9O19P2. The number of aromatic nitrogens is 4. The molecule has 34 heteroatoms. The number of benzene rings is 2. The van der Waals surface area contributed by atoms with Gasteiger partial charge in [0, 0.05) is 50.2 Å². The van der Waals surface area contributed by atoms with Crippen LogP contribution in [-0.2, 0) is 67.6 Å². The Kier molecular flexibility index (Phi) is 29.7. The number of para-hydroxylation sites is 1. The van der Waals surface area contributed by atoms with Gasteiger partial charge in [0.2, 0.25) is 11.0 Å². The summed E-state index contributed by atoms with van der Waals surface area (Å²) in [4.78, 5) is 57.7. The number of esters is 1. The van der Waals surface area contributed by atoms with Crippen LogP contribution in [-0.4, -0.2) is 225 Å². The van der Waals surface area contributed by atoms with Gasteiger partial charge in [-0.2, -0.15) is 20.2 Å². The molecule has 4 heterocycles. The van der Waals surface area contributed by atoms with Crippen molar-refractivity contribution in [1.29, 1.82) is 0 Å². The van der Waals surface area contributed by atoms with E-state index in [0.717, 1.165) is 43.6 Å². The van der Waals surface area contributed by atoms with E-state index in [0.29, 0.717) is 94.9 Å². The van der Waals surface area contributed by atoms with E-state index in [2.05, 4.69) is 40.9 Å². The third-order valence-corrected chi connectivity index (χ3v) is 16.2. The molecule has 2 fully saturated rings. The summed E-state index contributed by atoms with van der Waals surface area (Å²) in [7, 11) is -9.73. The lowest BCUT2D eigenvalue weighted by molar-refractivity contribution is -0.136. The van der Waals surface area contributed by atoms with Crippen LogP contribution in [0.2, 0.25) is 5.28 Å². The fraction of sp³-hybridized carbons (Fsp3) is 0.608. The Morgan fingerprint density at radius 1 is 0.800 bits per heavy atom. The lowest BCUT2D eigenvalue weighted by Gasteiger charge is -2.32. The van der Waals surface area contributed by atoms with E-state index in [1.807, 2.05) is 23.1 Å². The molecule has 0 bridgehead atoms. The smallest absolute Gasteiger partial charge is 0.340 e. The average molecular weight is 1270 g/mol. The summed E-state index contributed by atoms with van der Waals surface area (Å²) in [6.07, 6.45) is -0.0857. The molecule has 6 rings (SSSR count). The van der Waals surface area contributed by atoms with Gasteiger partial charge in [-0.3, -0.25) is 18.9 Å². The van der Waals surface area contributed by atoms with Gasteiger partial charge < -0.3 is 92.4 Å². The van der Waals surface area contributed by atoms with Crippen molar-refractivity contribution < 1.29 is 104 Å². The fourth-order valence-electron chi connectivity index (χ4n) is 8.51. The number of hydrazone groups is 1. The van der Waals surface area contributed by atoms with E-state index >= 15 is 0 Å². The molecule has 2 aliphatic rings. The van der Waals surface area contributed by atoms with Gasteiger partial charge in [0.15, 0.2) is 29.4 Å². The van der Waals surface area contributed by atoms with Crippen molar-refractivity contribution in [2.75, 3.05) is 154 Å². The van der Waals surface area contributed by atoms with Gasteiger partial charge in [-0.25, -0.2) is 17.9 Å². The highest BCUT2D eigenvalue weighted by Crippen LogP contribution is 2.55. The first kappa shape index (κ1) is 69.2. The van der Waals surface area contributed by atoms with Gasteiger partial charge in [-0.05, 0) is 42.5 Å². The molecule has 2 aliphatic heterocycles. The van der Waals surface area contributed by atoms with Gasteiger partial charge in [-0.1, -0.05) is 18.2 Å². The molecule has 2 aromatic carbocycles. The van der Waals surface area contributed by atoms with Gasteiger partial charge in [0.1, 0.15) is 35.7 Å². The minimum absolute atomic E-state index is 0.0725. The van der Waals surface area contributed by atoms with Crippen molar-refractivity contribution in [3.05, 3.63) is 70.9 Å². The number of carbonyl (C=O) groups is 1. The van der Waals surface area contributed by atoms with Crippen LogP contribution >= 0.6 is 26.8 Å². The number of hydrogen-bond donors (Lipinski definition) is 6. The zero-order valence-electron chi connectivity index (χ0n) is 46.5. The number of anilines is 2. The molecule has 2 aromatic heterocycles. The monoisotopic (exact) mass is 1270 g/mol. The van der Waals surface area contributed by atoms with E-state index in [4.69, 9.17) is 74.4 Å². The predicted molar refractivity (Wildman–Crippen MR) is 301 cm³/mol. The molecule has 1 unspecified atom stereocenters. The number of aliphatic hydroxyl groups is 2. The normalized spacial score (nSPS) is 18.5. The number of hydrogen-bond acceptors (Lipinski definition) is 24. The summed E-state index contributed by atoms with van der Waals surface area (Å²) in [5.74, 6) is -1.25. The highest BCUT2D eigenvalue weighted by Gasteiger charge is 2.46. The summed E-state index contributed by atoms with van der Waals surface area (Å²) in [6, 6.07) is 8.92. The van der Waals surface area contributed by atoms with Crippen LogP contribution in [0.25, 0.3) is 11.0 Å². The number of nitrogens with zero attached hydrogens (tertiary/aromatic N) is 8. The second kappa shape index (κ2) is 36.4. The number of aliphatic imine (C=N–C) groups is 1. The first-order chi connectivity index (χ1) is 40.9. The van der Waals surface area contributed by atoms with Crippen LogP contribution in [0, 0.1) is 17.5 Å². The van der Waals surface area contributed by atoms with Crippen molar-refractivity contribution in [1.82, 2.24) is 19.7 Å². The Balaban J connectivity index is 0.825. The first-order valence-corrected chi connectivity index (χ1v) is 31.1. The Morgan fingerprint density at radius 2 is 1.39 bits per heavy atom. The number of carbonyl (C=O) groups excluding carboxylic acids is 1. The molecule has 0 radical (unpaired) electrons. The zero-order chi connectivity index (χ0) is 61.0. The maximum atomic E-state index is 13.6. The summed E-state index contributed by atoms with van der Waals surface area (Å²) >= 11 is 6.58. The lowest BCUT2D eigenvalue weighted by atomic mass is 10.1. The van der Waals surface area contributed by atoms with Crippen LogP contribution in [0.4, 0.5) is 24.7 Å². The maximum Gasteiger partial charge on any atom is 0.340 e.